The van der Waals surface area contributed by atoms with E-state index >= 15 is 0 Å². The van der Waals surface area contributed by atoms with Gasteiger partial charge in [-0.2, -0.15) is 5.10 Å². The zero-order chi connectivity index (χ0) is 18.6. The number of amides is 1. The zero-order valence-electron chi connectivity index (χ0n) is 15.8. The van der Waals surface area contributed by atoms with E-state index in [2.05, 4.69) is 24.8 Å². The Hall–Kier alpha value is -2.26. The number of hydrogen-bond acceptors (Lipinski definition) is 6. The monoisotopic (exact) mass is 373 g/mol. The van der Waals surface area contributed by atoms with Crippen LogP contribution in [0.25, 0.3) is 0 Å². The number of aromatic nitrogens is 5. The molecule has 4 heterocycles. The molecule has 2 fully saturated rings. The van der Waals surface area contributed by atoms with E-state index in [-0.39, 0.29) is 5.91 Å². The van der Waals surface area contributed by atoms with Gasteiger partial charge < -0.3 is 14.2 Å². The molecule has 0 N–H and O–H groups in total. The second-order valence-corrected chi connectivity index (χ2v) is 7.28. The van der Waals surface area contributed by atoms with Gasteiger partial charge in [0, 0.05) is 38.4 Å². The smallest absolute Gasteiger partial charge is 0.236 e. The molecular formula is C18H27N7O2. The van der Waals surface area contributed by atoms with Gasteiger partial charge >= 0.3 is 0 Å². The molecule has 2 aromatic rings. The fourth-order valence-corrected chi connectivity index (χ4v) is 3.86. The minimum absolute atomic E-state index is 0.219. The minimum Gasteiger partial charge on any atom is -0.378 e. The summed E-state index contributed by atoms with van der Waals surface area (Å²) in [6, 6.07) is 1.91. The van der Waals surface area contributed by atoms with Crippen LogP contribution in [0.15, 0.2) is 18.5 Å². The van der Waals surface area contributed by atoms with Crippen LogP contribution in [-0.2, 0) is 23.1 Å². The quantitative estimate of drug-likeness (QED) is 0.739. The van der Waals surface area contributed by atoms with Crippen molar-refractivity contribution in [1.29, 1.82) is 0 Å². The largest absolute Gasteiger partial charge is 0.378 e. The van der Waals surface area contributed by atoms with Crippen LogP contribution in [0.5, 0.6) is 0 Å². The normalized spacial score (nSPS) is 19.5. The number of hydrogen-bond donors (Lipinski definition) is 0. The molecule has 0 atom stereocenters. The number of ether oxygens (including phenoxy) is 1. The molecule has 2 aliphatic heterocycles. The van der Waals surface area contributed by atoms with Crippen molar-refractivity contribution in [2.24, 2.45) is 7.05 Å². The number of likely N-dealkylation sites (tertiary alicyclic amines) is 1. The number of nitrogens with zero attached hydrogens (tertiary/aromatic N) is 7. The molecule has 0 radical (unpaired) electrons. The number of carbonyl (C=O) groups is 1. The molecule has 0 aliphatic carbocycles. The van der Waals surface area contributed by atoms with E-state index < -0.39 is 0 Å². The molecule has 1 amide bonds. The molecule has 0 spiro atoms. The summed E-state index contributed by atoms with van der Waals surface area (Å²) in [5.74, 6) is 2.57. The van der Waals surface area contributed by atoms with Gasteiger partial charge in [0.05, 0.1) is 19.8 Å². The van der Waals surface area contributed by atoms with E-state index in [1.165, 1.54) is 0 Å². The summed E-state index contributed by atoms with van der Waals surface area (Å²) < 4.78 is 9.27. The molecule has 2 saturated heterocycles. The van der Waals surface area contributed by atoms with E-state index in [4.69, 9.17) is 4.74 Å². The average molecular weight is 373 g/mol. The highest BCUT2D eigenvalue weighted by Gasteiger charge is 2.27. The van der Waals surface area contributed by atoms with Gasteiger partial charge in [-0.25, -0.2) is 0 Å². The number of morpholine rings is 1. The first-order valence-corrected chi connectivity index (χ1v) is 9.64. The van der Waals surface area contributed by atoms with Crippen LogP contribution in [0, 0.1) is 0 Å². The van der Waals surface area contributed by atoms with Crippen LogP contribution in [0.2, 0.25) is 0 Å². The molecule has 0 aromatic carbocycles. The van der Waals surface area contributed by atoms with Gasteiger partial charge in [0.25, 0.3) is 0 Å². The summed E-state index contributed by atoms with van der Waals surface area (Å²) >= 11 is 0. The average Bonchev–Trinajstić information content (AvgIpc) is 3.34. The maximum atomic E-state index is 12.4. The molecule has 0 bridgehead atoms. The summed E-state index contributed by atoms with van der Waals surface area (Å²) in [6.45, 7) is 5.71. The van der Waals surface area contributed by atoms with Crippen molar-refractivity contribution in [3.8, 4) is 0 Å². The summed E-state index contributed by atoms with van der Waals surface area (Å²) in [4.78, 5) is 16.6. The van der Waals surface area contributed by atoms with Crippen molar-refractivity contribution >= 4 is 5.91 Å². The first kappa shape index (κ1) is 18.1. The number of carbonyl (C=O) groups excluding carboxylic acids is 1. The number of piperidine rings is 1. The summed E-state index contributed by atoms with van der Waals surface area (Å²) in [7, 11) is 2.03. The van der Waals surface area contributed by atoms with E-state index in [0.29, 0.717) is 45.3 Å². The highest BCUT2D eigenvalue weighted by Crippen LogP contribution is 2.26. The van der Waals surface area contributed by atoms with Crippen molar-refractivity contribution in [3.63, 3.8) is 0 Å². The molecule has 0 unspecified atom stereocenters. The van der Waals surface area contributed by atoms with E-state index in [1.807, 2.05) is 28.9 Å². The predicted molar refractivity (Wildman–Crippen MR) is 98.1 cm³/mol. The lowest BCUT2D eigenvalue weighted by Crippen LogP contribution is -2.47. The van der Waals surface area contributed by atoms with Gasteiger partial charge in [0.2, 0.25) is 5.91 Å². The van der Waals surface area contributed by atoms with Gasteiger partial charge in [-0.1, -0.05) is 0 Å². The van der Waals surface area contributed by atoms with Gasteiger partial charge in [-0.05, 0) is 32.0 Å². The Balaban J connectivity index is 1.30. The van der Waals surface area contributed by atoms with Crippen molar-refractivity contribution < 1.29 is 9.53 Å². The third kappa shape index (κ3) is 4.19. The van der Waals surface area contributed by atoms with Crippen LogP contribution < -0.4 is 0 Å². The minimum atomic E-state index is 0.219. The van der Waals surface area contributed by atoms with E-state index in [0.717, 1.165) is 37.6 Å². The third-order valence-electron chi connectivity index (χ3n) is 5.54. The molecule has 2 aliphatic rings. The SMILES string of the molecule is Cn1c(Cn2cccn2)nnc1C1CCN(CC(=O)N2CCOCC2)CC1. The summed E-state index contributed by atoms with van der Waals surface area (Å²) in [5, 5.41) is 13.0. The second-order valence-electron chi connectivity index (χ2n) is 7.28. The highest BCUT2D eigenvalue weighted by atomic mass is 16.5. The summed E-state index contributed by atoms with van der Waals surface area (Å²) in [5.41, 5.74) is 0. The maximum absolute atomic E-state index is 12.4. The fraction of sp³-hybridized carbons (Fsp3) is 0.667. The van der Waals surface area contributed by atoms with Gasteiger partial charge in [-0.15, -0.1) is 10.2 Å². The Morgan fingerprint density at radius 3 is 2.67 bits per heavy atom. The number of rotatable bonds is 5. The Morgan fingerprint density at radius 2 is 1.96 bits per heavy atom. The van der Waals surface area contributed by atoms with E-state index in [1.54, 1.807) is 6.20 Å². The van der Waals surface area contributed by atoms with Gasteiger partial charge in [0.15, 0.2) is 5.82 Å². The lowest BCUT2D eigenvalue weighted by molar-refractivity contribution is -0.136. The Kier molecular flexibility index (Phi) is 5.49. The Labute approximate surface area is 158 Å². The Morgan fingerprint density at radius 1 is 1.19 bits per heavy atom. The third-order valence-corrected chi connectivity index (χ3v) is 5.54. The van der Waals surface area contributed by atoms with Crippen LogP contribution in [-0.4, -0.2) is 86.2 Å². The first-order valence-electron chi connectivity index (χ1n) is 9.64. The van der Waals surface area contributed by atoms with Gasteiger partial charge in [0.1, 0.15) is 12.4 Å². The molecular weight excluding hydrogens is 346 g/mol. The van der Waals surface area contributed by atoms with Crippen LogP contribution in [0.3, 0.4) is 0 Å². The second kappa shape index (κ2) is 8.18. The summed E-state index contributed by atoms with van der Waals surface area (Å²) in [6.07, 6.45) is 5.71. The van der Waals surface area contributed by atoms with Gasteiger partial charge in [-0.3, -0.25) is 14.4 Å². The van der Waals surface area contributed by atoms with E-state index in [9.17, 15) is 4.79 Å². The predicted octanol–water partition coefficient (Wildman–Crippen LogP) is 0.0981. The van der Waals surface area contributed by atoms with Crippen molar-refractivity contribution in [2.75, 3.05) is 45.9 Å². The van der Waals surface area contributed by atoms with Crippen molar-refractivity contribution in [2.45, 2.75) is 25.3 Å². The van der Waals surface area contributed by atoms with Crippen molar-refractivity contribution in [3.05, 3.63) is 30.1 Å². The van der Waals surface area contributed by atoms with Crippen molar-refractivity contribution in [1.82, 2.24) is 34.3 Å². The highest BCUT2D eigenvalue weighted by molar-refractivity contribution is 5.78. The molecule has 2 aromatic heterocycles. The molecule has 0 saturated carbocycles. The topological polar surface area (TPSA) is 81.3 Å². The molecule has 4 rings (SSSR count). The molecule has 9 nitrogen and oxygen atoms in total. The zero-order valence-corrected chi connectivity index (χ0v) is 15.8. The molecule has 146 valence electrons. The first-order chi connectivity index (χ1) is 13.2. The lowest BCUT2D eigenvalue weighted by atomic mass is 9.96. The van der Waals surface area contributed by atoms with Crippen LogP contribution in [0.1, 0.15) is 30.4 Å². The lowest BCUT2D eigenvalue weighted by Gasteiger charge is -2.33. The molecule has 27 heavy (non-hydrogen) atoms. The molecule has 9 heteroatoms. The fourth-order valence-electron chi connectivity index (χ4n) is 3.86. The Bertz CT molecular complexity index is 744. The standard InChI is InChI=1S/C18H27N7O2/c1-22-16(13-25-6-2-5-19-25)20-21-18(22)15-3-7-23(8-4-15)14-17(26)24-9-11-27-12-10-24/h2,5-6,15H,3-4,7-14H2,1H3. The van der Waals surface area contributed by atoms with Crippen LogP contribution >= 0.6 is 0 Å². The van der Waals surface area contributed by atoms with Crippen LogP contribution in [0.4, 0.5) is 0 Å². The maximum Gasteiger partial charge on any atom is 0.236 e.